The summed E-state index contributed by atoms with van der Waals surface area (Å²) in [6, 6.07) is 5.28. The number of rotatable bonds is 1. The number of halogens is 1. The summed E-state index contributed by atoms with van der Waals surface area (Å²) in [5.74, 6) is -1.02. The van der Waals surface area contributed by atoms with Crippen molar-refractivity contribution in [3.63, 3.8) is 0 Å². The smallest absolute Gasteiger partial charge is 0.357 e. The number of carboxylic acids is 1. The summed E-state index contributed by atoms with van der Waals surface area (Å²) in [5.41, 5.74) is 0.772. The zero-order chi connectivity index (χ0) is 9.42. The molecule has 66 valence electrons. The number of aromatic nitrogens is 2. The minimum atomic E-state index is -1.02. The van der Waals surface area contributed by atoms with E-state index < -0.39 is 5.97 Å². The Morgan fingerprint density at radius 1 is 1.54 bits per heavy atom. The number of hydrogen-bond donors (Lipinski definition) is 2. The van der Waals surface area contributed by atoms with Crippen LogP contribution < -0.4 is 0 Å². The molecule has 0 aliphatic carbocycles. The number of fused-ring (bicyclic) bond motifs is 1. The molecule has 2 rings (SSSR count). The van der Waals surface area contributed by atoms with Crippen LogP contribution in [-0.4, -0.2) is 21.3 Å². The molecule has 2 aromatic rings. The Balaban J connectivity index is 2.76. The van der Waals surface area contributed by atoms with Gasteiger partial charge in [0, 0.05) is 9.86 Å². The van der Waals surface area contributed by atoms with E-state index in [-0.39, 0.29) is 5.69 Å². The van der Waals surface area contributed by atoms with Gasteiger partial charge in [0.25, 0.3) is 0 Å². The molecular weight excluding hydrogens is 236 g/mol. The van der Waals surface area contributed by atoms with Gasteiger partial charge in [0.2, 0.25) is 0 Å². The lowest BCUT2D eigenvalue weighted by atomic mass is 10.2. The number of benzene rings is 1. The van der Waals surface area contributed by atoms with Crippen molar-refractivity contribution in [2.45, 2.75) is 0 Å². The van der Waals surface area contributed by atoms with Gasteiger partial charge in [-0.3, -0.25) is 5.10 Å². The summed E-state index contributed by atoms with van der Waals surface area (Å²) in [7, 11) is 0. The highest BCUT2D eigenvalue weighted by Crippen LogP contribution is 2.20. The van der Waals surface area contributed by atoms with Gasteiger partial charge in [-0.25, -0.2) is 4.79 Å². The molecule has 0 unspecified atom stereocenters. The Labute approximate surface area is 81.7 Å². The molecule has 0 radical (unpaired) electrons. The SMILES string of the molecule is O=C(O)c1n[nH]c2cc(Br)ccc12. The van der Waals surface area contributed by atoms with E-state index in [1.807, 2.05) is 0 Å². The number of aromatic amines is 1. The highest BCUT2D eigenvalue weighted by atomic mass is 79.9. The van der Waals surface area contributed by atoms with E-state index in [9.17, 15) is 4.79 Å². The number of carboxylic acid groups (broad SMARTS) is 1. The predicted molar refractivity (Wildman–Crippen MR) is 50.8 cm³/mol. The van der Waals surface area contributed by atoms with E-state index in [2.05, 4.69) is 26.1 Å². The highest BCUT2D eigenvalue weighted by molar-refractivity contribution is 9.10. The van der Waals surface area contributed by atoms with Gasteiger partial charge in [0.15, 0.2) is 5.69 Å². The zero-order valence-corrected chi connectivity index (χ0v) is 8.00. The molecule has 2 N–H and O–H groups in total. The Bertz CT molecular complexity index is 478. The summed E-state index contributed by atoms with van der Waals surface area (Å²) >= 11 is 3.28. The third-order valence-electron chi connectivity index (χ3n) is 1.73. The molecule has 0 saturated carbocycles. The minimum absolute atomic E-state index is 0.0579. The monoisotopic (exact) mass is 240 g/mol. The van der Waals surface area contributed by atoms with Gasteiger partial charge in [-0.2, -0.15) is 5.10 Å². The van der Waals surface area contributed by atoms with Crippen molar-refractivity contribution in [3.8, 4) is 0 Å². The largest absolute Gasteiger partial charge is 0.476 e. The Hall–Kier alpha value is -1.36. The van der Waals surface area contributed by atoms with Gasteiger partial charge < -0.3 is 5.11 Å². The maximum atomic E-state index is 10.7. The van der Waals surface area contributed by atoms with Crippen molar-refractivity contribution >= 4 is 32.8 Å². The summed E-state index contributed by atoms with van der Waals surface area (Å²) in [4.78, 5) is 10.7. The average Bonchev–Trinajstić information content (AvgIpc) is 2.46. The van der Waals surface area contributed by atoms with Gasteiger partial charge in [-0.15, -0.1) is 0 Å². The molecular formula is C8H5BrN2O2. The van der Waals surface area contributed by atoms with Crippen LogP contribution >= 0.6 is 15.9 Å². The van der Waals surface area contributed by atoms with Gasteiger partial charge >= 0.3 is 5.97 Å². The second-order valence-electron chi connectivity index (χ2n) is 2.57. The third kappa shape index (κ3) is 1.31. The second kappa shape index (κ2) is 2.85. The van der Waals surface area contributed by atoms with Crippen molar-refractivity contribution in [3.05, 3.63) is 28.4 Å². The fourth-order valence-electron chi connectivity index (χ4n) is 1.15. The van der Waals surface area contributed by atoms with Crippen molar-refractivity contribution in [2.75, 3.05) is 0 Å². The van der Waals surface area contributed by atoms with E-state index in [0.29, 0.717) is 10.9 Å². The summed E-state index contributed by atoms with van der Waals surface area (Å²) in [6.07, 6.45) is 0. The summed E-state index contributed by atoms with van der Waals surface area (Å²) in [5, 5.41) is 15.7. The second-order valence-corrected chi connectivity index (χ2v) is 3.48. The van der Waals surface area contributed by atoms with Gasteiger partial charge in [0.1, 0.15) is 0 Å². The molecule has 1 aromatic heterocycles. The number of nitrogens with zero attached hydrogens (tertiary/aromatic N) is 1. The molecule has 0 bridgehead atoms. The van der Waals surface area contributed by atoms with Gasteiger partial charge in [0.05, 0.1) is 5.52 Å². The lowest BCUT2D eigenvalue weighted by Gasteiger charge is -1.90. The molecule has 0 fully saturated rings. The molecule has 5 heteroatoms. The van der Waals surface area contributed by atoms with Crippen LogP contribution in [0.15, 0.2) is 22.7 Å². The molecule has 0 atom stereocenters. The molecule has 0 saturated heterocycles. The van der Waals surface area contributed by atoms with Crippen LogP contribution in [0.25, 0.3) is 10.9 Å². The van der Waals surface area contributed by atoms with Crippen LogP contribution in [0.1, 0.15) is 10.5 Å². The molecule has 13 heavy (non-hydrogen) atoms. The number of H-pyrrole nitrogens is 1. The first-order chi connectivity index (χ1) is 6.18. The van der Waals surface area contributed by atoms with Crippen molar-refractivity contribution in [1.29, 1.82) is 0 Å². The van der Waals surface area contributed by atoms with Crippen molar-refractivity contribution in [1.82, 2.24) is 10.2 Å². The molecule has 0 aliphatic heterocycles. The molecule has 1 heterocycles. The number of nitrogens with one attached hydrogen (secondary N) is 1. The lowest BCUT2D eigenvalue weighted by molar-refractivity contribution is 0.0692. The molecule has 4 nitrogen and oxygen atoms in total. The Morgan fingerprint density at radius 2 is 2.31 bits per heavy atom. The first kappa shape index (κ1) is 8.25. The first-order valence-electron chi connectivity index (χ1n) is 3.55. The summed E-state index contributed by atoms with van der Waals surface area (Å²) < 4.78 is 0.889. The number of carbonyl (C=O) groups is 1. The fourth-order valence-corrected chi connectivity index (χ4v) is 1.52. The van der Waals surface area contributed by atoms with E-state index in [0.717, 1.165) is 4.47 Å². The van der Waals surface area contributed by atoms with E-state index in [1.165, 1.54) is 0 Å². The normalized spacial score (nSPS) is 10.5. The van der Waals surface area contributed by atoms with E-state index in [1.54, 1.807) is 18.2 Å². The highest BCUT2D eigenvalue weighted by Gasteiger charge is 2.11. The molecule has 1 aromatic carbocycles. The predicted octanol–water partition coefficient (Wildman–Crippen LogP) is 2.02. The molecule has 0 amide bonds. The van der Waals surface area contributed by atoms with Crippen LogP contribution in [-0.2, 0) is 0 Å². The fraction of sp³-hybridized carbons (Fsp3) is 0. The van der Waals surface area contributed by atoms with Crippen LogP contribution in [0.4, 0.5) is 0 Å². The minimum Gasteiger partial charge on any atom is -0.476 e. The van der Waals surface area contributed by atoms with Crippen LogP contribution in [0, 0.1) is 0 Å². The lowest BCUT2D eigenvalue weighted by Crippen LogP contribution is -1.96. The Kier molecular flexibility index (Phi) is 1.81. The maximum Gasteiger partial charge on any atom is 0.357 e. The quantitative estimate of drug-likeness (QED) is 0.802. The van der Waals surface area contributed by atoms with E-state index in [4.69, 9.17) is 5.11 Å². The van der Waals surface area contributed by atoms with Gasteiger partial charge in [-0.1, -0.05) is 15.9 Å². The van der Waals surface area contributed by atoms with Gasteiger partial charge in [-0.05, 0) is 18.2 Å². The van der Waals surface area contributed by atoms with Crippen LogP contribution in [0.3, 0.4) is 0 Å². The van der Waals surface area contributed by atoms with Crippen molar-refractivity contribution < 1.29 is 9.90 Å². The standard InChI is InChI=1S/C8H5BrN2O2/c9-4-1-2-5-6(3-4)10-11-7(5)8(12)13/h1-3H,(H,10,11)(H,12,13). The number of aromatic carboxylic acids is 1. The zero-order valence-electron chi connectivity index (χ0n) is 6.41. The summed E-state index contributed by atoms with van der Waals surface area (Å²) in [6.45, 7) is 0. The average molecular weight is 241 g/mol. The third-order valence-corrected chi connectivity index (χ3v) is 2.22. The first-order valence-corrected chi connectivity index (χ1v) is 4.34. The molecule has 0 spiro atoms. The van der Waals surface area contributed by atoms with Crippen LogP contribution in [0.5, 0.6) is 0 Å². The molecule has 0 aliphatic rings. The van der Waals surface area contributed by atoms with Crippen LogP contribution in [0.2, 0.25) is 0 Å². The maximum absolute atomic E-state index is 10.7. The topological polar surface area (TPSA) is 66.0 Å². The number of hydrogen-bond acceptors (Lipinski definition) is 2. The Morgan fingerprint density at radius 3 is 3.00 bits per heavy atom. The van der Waals surface area contributed by atoms with Crippen molar-refractivity contribution in [2.24, 2.45) is 0 Å². The van der Waals surface area contributed by atoms with E-state index >= 15 is 0 Å².